The Bertz CT molecular complexity index is 1120. The number of likely N-dealkylation sites (tertiary alicyclic amines) is 2. The van der Waals surface area contributed by atoms with Gasteiger partial charge in [-0.2, -0.15) is 0 Å². The number of carbonyl (C=O) groups is 1. The molecule has 11 heteroatoms. The lowest BCUT2D eigenvalue weighted by molar-refractivity contribution is 0.0462. The van der Waals surface area contributed by atoms with Crippen molar-refractivity contribution in [1.82, 2.24) is 19.8 Å². The minimum absolute atomic E-state index is 0.245. The first-order valence-electron chi connectivity index (χ1n) is 13.9. The number of alkyl halides is 1. The Hall–Kier alpha value is -2.20. The molecule has 2 aliphatic heterocycles. The Morgan fingerprint density at radius 2 is 1.87 bits per heavy atom. The van der Waals surface area contributed by atoms with E-state index in [-0.39, 0.29) is 24.8 Å². The molecule has 1 aromatic heterocycles. The molecule has 39 heavy (non-hydrogen) atoms. The number of rotatable bonds is 12. The summed E-state index contributed by atoms with van der Waals surface area (Å²) in [6.07, 6.45) is 3.30. The van der Waals surface area contributed by atoms with Crippen LogP contribution in [0.3, 0.4) is 0 Å². The number of benzene rings is 1. The molecule has 1 aromatic carbocycles. The third-order valence-corrected chi connectivity index (χ3v) is 7.73. The van der Waals surface area contributed by atoms with Crippen molar-refractivity contribution in [2.45, 2.75) is 58.1 Å². The highest BCUT2D eigenvalue weighted by Gasteiger charge is 2.37. The molecule has 1 amide bonds. The van der Waals surface area contributed by atoms with Crippen LogP contribution in [0.2, 0.25) is 10.0 Å². The second kappa shape index (κ2) is 14.4. The number of anilines is 1. The summed E-state index contributed by atoms with van der Waals surface area (Å²) >= 11 is 12.6. The molecular weight excluding hydrogens is 544 g/mol. The number of aryl methyl sites for hydroxylation is 2. The van der Waals surface area contributed by atoms with Gasteiger partial charge in [-0.15, -0.1) is 0 Å². The smallest absolute Gasteiger partial charge is 0.409 e. The summed E-state index contributed by atoms with van der Waals surface area (Å²) in [4.78, 5) is 26.7. The summed E-state index contributed by atoms with van der Waals surface area (Å²) in [5.74, 6) is 0.650. The Labute approximate surface area is 240 Å². The van der Waals surface area contributed by atoms with Crippen molar-refractivity contribution >= 4 is 35.1 Å². The molecule has 1 N–H and O–H groups in total. The van der Waals surface area contributed by atoms with Gasteiger partial charge in [0.1, 0.15) is 12.4 Å². The van der Waals surface area contributed by atoms with Crippen molar-refractivity contribution in [2.24, 2.45) is 0 Å². The van der Waals surface area contributed by atoms with Crippen molar-refractivity contribution in [2.75, 3.05) is 57.9 Å². The topological polar surface area (TPSA) is 79.8 Å². The van der Waals surface area contributed by atoms with E-state index >= 15 is 0 Å². The first kappa shape index (κ1) is 29.8. The van der Waals surface area contributed by atoms with Crippen LogP contribution in [0.1, 0.15) is 44.5 Å². The summed E-state index contributed by atoms with van der Waals surface area (Å²) in [7, 11) is 0. The molecule has 0 unspecified atom stereocenters. The third kappa shape index (κ3) is 7.72. The fraction of sp³-hybridized carbons (Fsp3) is 0.607. The van der Waals surface area contributed by atoms with Gasteiger partial charge in [-0.3, -0.25) is 9.29 Å². The highest BCUT2D eigenvalue weighted by Crippen LogP contribution is 2.33. The van der Waals surface area contributed by atoms with Gasteiger partial charge in [0.25, 0.3) is 0 Å². The van der Waals surface area contributed by atoms with E-state index in [2.05, 4.69) is 10.2 Å². The van der Waals surface area contributed by atoms with Crippen molar-refractivity contribution in [3.63, 3.8) is 0 Å². The Kier molecular flexibility index (Phi) is 11.0. The first-order chi connectivity index (χ1) is 18.9. The molecule has 214 valence electrons. The number of carbonyl (C=O) groups excluding carboxylic acids is 1. The molecule has 2 atom stereocenters. The van der Waals surface area contributed by atoms with E-state index in [1.807, 2.05) is 19.9 Å². The number of hydrogen-bond donors (Lipinski definition) is 1. The summed E-state index contributed by atoms with van der Waals surface area (Å²) in [6, 6.07) is 5.11. The molecule has 4 rings (SSSR count). The maximum absolute atomic E-state index is 12.9. The van der Waals surface area contributed by atoms with Crippen molar-refractivity contribution in [1.29, 1.82) is 0 Å². The number of hydrogen-bond acceptors (Lipinski definition) is 7. The molecule has 0 saturated carbocycles. The Morgan fingerprint density at radius 3 is 2.56 bits per heavy atom. The van der Waals surface area contributed by atoms with E-state index in [9.17, 15) is 9.18 Å². The first-order valence-corrected chi connectivity index (χ1v) is 14.6. The van der Waals surface area contributed by atoms with Crippen LogP contribution >= 0.6 is 23.2 Å². The minimum atomic E-state index is -0.451. The van der Waals surface area contributed by atoms with Gasteiger partial charge in [0.2, 0.25) is 0 Å². The van der Waals surface area contributed by atoms with Gasteiger partial charge >= 0.3 is 6.09 Å². The van der Waals surface area contributed by atoms with E-state index in [4.69, 9.17) is 42.6 Å². The predicted octanol–water partition coefficient (Wildman–Crippen LogP) is 5.65. The molecule has 2 fully saturated rings. The largest absolute Gasteiger partial charge is 0.448 e. The van der Waals surface area contributed by atoms with Crippen molar-refractivity contribution < 1.29 is 18.7 Å². The van der Waals surface area contributed by atoms with E-state index < -0.39 is 6.67 Å². The molecule has 0 radical (unpaired) electrons. The molecule has 3 heterocycles. The van der Waals surface area contributed by atoms with Crippen molar-refractivity contribution in [3.8, 4) is 11.3 Å². The average Bonchev–Trinajstić information content (AvgIpc) is 3.59. The molecule has 2 aliphatic rings. The Morgan fingerprint density at radius 1 is 1.10 bits per heavy atom. The molecule has 0 bridgehead atoms. The number of ether oxygens (including phenoxy) is 2. The van der Waals surface area contributed by atoms with Gasteiger partial charge in [0.05, 0.1) is 47.5 Å². The average molecular weight is 583 g/mol. The lowest BCUT2D eigenvalue weighted by Crippen LogP contribution is -2.36. The standard InChI is InChI=1S/C28H38Cl2FN5O3/c1-3-22-26(20-9-8-19(29)16-21(20)30)32-23(4-2)27(33-22)34-24-17-36(18-25(24)38-14-7-10-31)28(37)39-15-13-35-11-5-6-12-35/h8-9,16,24-25H,3-7,10-15,17-18H2,1-2H3,(H,33,34)/t24-,25+/m1/s1. The van der Waals surface area contributed by atoms with Crippen LogP contribution in [-0.2, 0) is 22.3 Å². The predicted molar refractivity (Wildman–Crippen MR) is 153 cm³/mol. The zero-order valence-electron chi connectivity index (χ0n) is 22.7. The molecule has 0 aliphatic carbocycles. The molecule has 0 spiro atoms. The van der Waals surface area contributed by atoms with Gasteiger partial charge < -0.3 is 19.7 Å². The summed E-state index contributed by atoms with van der Waals surface area (Å²) in [5.41, 5.74) is 3.09. The van der Waals surface area contributed by atoms with E-state index in [0.29, 0.717) is 54.8 Å². The van der Waals surface area contributed by atoms with Gasteiger partial charge in [-0.05, 0) is 63.4 Å². The fourth-order valence-electron chi connectivity index (χ4n) is 5.07. The quantitative estimate of drug-likeness (QED) is 0.324. The molecule has 2 aromatic rings. The maximum Gasteiger partial charge on any atom is 0.409 e. The van der Waals surface area contributed by atoms with Crippen molar-refractivity contribution in [3.05, 3.63) is 39.6 Å². The zero-order valence-corrected chi connectivity index (χ0v) is 24.2. The number of amides is 1. The SMILES string of the molecule is CCc1nc(-c2ccc(Cl)cc2Cl)c(CC)nc1N[C@@H]1CN(C(=O)OCCN2CCCC2)C[C@@H]1OCCCF. The van der Waals surface area contributed by atoms with Gasteiger partial charge in [0, 0.05) is 30.3 Å². The van der Waals surface area contributed by atoms with Gasteiger partial charge in [0.15, 0.2) is 0 Å². The van der Waals surface area contributed by atoms with Gasteiger partial charge in [-0.1, -0.05) is 37.0 Å². The number of nitrogens with one attached hydrogen (secondary N) is 1. The van der Waals surface area contributed by atoms with Crippen LogP contribution < -0.4 is 5.32 Å². The molecule has 8 nitrogen and oxygen atoms in total. The molecule has 2 saturated heterocycles. The second-order valence-electron chi connectivity index (χ2n) is 9.92. The maximum atomic E-state index is 12.9. The second-order valence-corrected chi connectivity index (χ2v) is 10.8. The van der Waals surface area contributed by atoms with Crippen LogP contribution in [0.25, 0.3) is 11.3 Å². The normalized spacial score (nSPS) is 19.6. The van der Waals surface area contributed by atoms with Crippen LogP contribution in [0.15, 0.2) is 18.2 Å². The summed E-state index contributed by atoms with van der Waals surface area (Å²) < 4.78 is 24.4. The third-order valence-electron chi connectivity index (χ3n) is 7.18. The lowest BCUT2D eigenvalue weighted by Gasteiger charge is -2.22. The van der Waals surface area contributed by atoms with Gasteiger partial charge in [-0.25, -0.2) is 14.8 Å². The van der Waals surface area contributed by atoms with Crippen LogP contribution in [0.4, 0.5) is 15.0 Å². The van der Waals surface area contributed by atoms with Crippen LogP contribution in [-0.4, -0.2) is 90.6 Å². The Balaban J connectivity index is 1.50. The number of nitrogens with zero attached hydrogens (tertiary/aromatic N) is 4. The van der Waals surface area contributed by atoms with E-state index in [1.54, 1.807) is 17.0 Å². The van der Waals surface area contributed by atoms with Crippen LogP contribution in [0.5, 0.6) is 0 Å². The summed E-state index contributed by atoms with van der Waals surface area (Å²) in [5, 5.41) is 4.57. The lowest BCUT2D eigenvalue weighted by atomic mass is 10.1. The van der Waals surface area contributed by atoms with Crippen LogP contribution in [0, 0.1) is 0 Å². The van der Waals surface area contributed by atoms with E-state index in [0.717, 1.165) is 42.3 Å². The summed E-state index contributed by atoms with van der Waals surface area (Å²) in [6.45, 7) is 7.83. The number of aromatic nitrogens is 2. The van der Waals surface area contributed by atoms with E-state index in [1.165, 1.54) is 12.8 Å². The number of halogens is 3. The molecular formula is C28H38Cl2FN5O3. The minimum Gasteiger partial charge on any atom is -0.448 e. The highest BCUT2D eigenvalue weighted by molar-refractivity contribution is 6.36. The monoisotopic (exact) mass is 581 g/mol. The fourth-order valence-corrected chi connectivity index (χ4v) is 5.56. The highest BCUT2D eigenvalue weighted by atomic mass is 35.5. The zero-order chi connectivity index (χ0) is 27.8.